The Labute approximate surface area is 188 Å². The molecule has 10 heteroatoms. The molecular formula is C23H21FN6O3. The number of H-pyrrole nitrogens is 1. The molecule has 0 bridgehead atoms. The number of methoxy groups -OCH3 is 1. The molecule has 0 saturated heterocycles. The number of aromatic amines is 1. The lowest BCUT2D eigenvalue weighted by Gasteiger charge is -2.18. The molecule has 9 nitrogen and oxygen atoms in total. The fourth-order valence-corrected chi connectivity index (χ4v) is 3.51. The lowest BCUT2D eigenvalue weighted by atomic mass is 10.0. The fourth-order valence-electron chi connectivity index (χ4n) is 3.51. The van der Waals surface area contributed by atoms with Crippen LogP contribution in [-0.4, -0.2) is 58.1 Å². The lowest BCUT2D eigenvalue weighted by Crippen LogP contribution is -2.26. The molecule has 4 rings (SSSR count). The summed E-state index contributed by atoms with van der Waals surface area (Å²) in [5, 5.41) is 10.2. The van der Waals surface area contributed by atoms with Crippen LogP contribution in [0, 0.1) is 5.82 Å². The number of benzene rings is 1. The van der Waals surface area contributed by atoms with Crippen molar-refractivity contribution in [2.75, 3.05) is 21.2 Å². The summed E-state index contributed by atoms with van der Waals surface area (Å²) in [6.07, 6.45) is 6.48. The Morgan fingerprint density at radius 2 is 2.00 bits per heavy atom. The van der Waals surface area contributed by atoms with Crippen LogP contribution in [0.25, 0.3) is 22.2 Å². The van der Waals surface area contributed by atoms with Crippen molar-refractivity contribution in [1.29, 1.82) is 0 Å². The highest BCUT2D eigenvalue weighted by Crippen LogP contribution is 2.30. The van der Waals surface area contributed by atoms with E-state index in [1.54, 1.807) is 31.7 Å². The normalized spacial score (nSPS) is 10.8. The van der Waals surface area contributed by atoms with Gasteiger partial charge >= 0.3 is 0 Å². The summed E-state index contributed by atoms with van der Waals surface area (Å²) in [7, 11) is 4.55. The molecule has 2 amide bonds. The second-order valence-electron chi connectivity index (χ2n) is 7.34. The molecule has 0 unspecified atom stereocenters. The molecule has 0 aliphatic carbocycles. The Morgan fingerprint density at radius 1 is 1.18 bits per heavy atom. The molecule has 0 fully saturated rings. The van der Waals surface area contributed by atoms with Gasteiger partial charge in [-0.1, -0.05) is 0 Å². The predicted molar refractivity (Wildman–Crippen MR) is 119 cm³/mol. The second kappa shape index (κ2) is 9.03. The first-order valence-corrected chi connectivity index (χ1v) is 10.0. The van der Waals surface area contributed by atoms with E-state index in [1.807, 2.05) is 0 Å². The third-order valence-corrected chi connectivity index (χ3v) is 5.22. The smallest absolute Gasteiger partial charge is 0.255 e. The van der Waals surface area contributed by atoms with Crippen LogP contribution in [0.4, 0.5) is 4.39 Å². The Kier molecular flexibility index (Phi) is 5.99. The molecule has 0 saturated carbocycles. The van der Waals surface area contributed by atoms with Gasteiger partial charge in [-0.05, 0) is 24.3 Å². The van der Waals surface area contributed by atoms with Gasteiger partial charge in [0, 0.05) is 55.7 Å². The van der Waals surface area contributed by atoms with Crippen molar-refractivity contribution in [3.8, 4) is 17.0 Å². The van der Waals surface area contributed by atoms with Gasteiger partial charge in [0.05, 0.1) is 30.0 Å². The maximum atomic E-state index is 14.0. The van der Waals surface area contributed by atoms with Gasteiger partial charge in [0.1, 0.15) is 17.3 Å². The number of carbonyl (C=O) groups excluding carboxylic acids is 2. The molecule has 4 aromatic rings. The Morgan fingerprint density at radius 3 is 2.76 bits per heavy atom. The zero-order valence-corrected chi connectivity index (χ0v) is 18.2. The van der Waals surface area contributed by atoms with Crippen LogP contribution in [0.3, 0.4) is 0 Å². The number of nitrogens with one attached hydrogen (secondary N) is 2. The van der Waals surface area contributed by atoms with Crippen LogP contribution < -0.4 is 10.1 Å². The topological polar surface area (TPSA) is 113 Å². The van der Waals surface area contributed by atoms with Gasteiger partial charge in [-0.25, -0.2) is 4.39 Å². The number of rotatable bonds is 6. The van der Waals surface area contributed by atoms with Crippen molar-refractivity contribution in [2.24, 2.45) is 0 Å². The Hall–Kier alpha value is -4.34. The molecular weight excluding hydrogens is 427 g/mol. The first-order chi connectivity index (χ1) is 15.9. The third kappa shape index (κ3) is 4.22. The number of aromatic nitrogens is 4. The average Bonchev–Trinajstić information content (AvgIpc) is 3.33. The van der Waals surface area contributed by atoms with Crippen LogP contribution in [0.15, 0.2) is 49.1 Å². The number of hydrogen-bond donors (Lipinski definition) is 2. The Balaban J connectivity index is 1.62. The van der Waals surface area contributed by atoms with Crippen molar-refractivity contribution < 1.29 is 18.7 Å². The molecule has 1 aromatic carbocycles. The minimum atomic E-state index is -0.646. The zero-order valence-electron chi connectivity index (χ0n) is 18.2. The van der Waals surface area contributed by atoms with E-state index in [0.717, 1.165) is 16.5 Å². The number of amides is 2. The van der Waals surface area contributed by atoms with Crippen LogP contribution in [0.2, 0.25) is 0 Å². The number of carbonyl (C=O) groups is 2. The minimum absolute atomic E-state index is 0.111. The van der Waals surface area contributed by atoms with E-state index >= 15 is 0 Å². The van der Waals surface area contributed by atoms with Crippen LogP contribution >= 0.6 is 0 Å². The van der Waals surface area contributed by atoms with E-state index in [2.05, 4.69) is 25.5 Å². The molecule has 2 N–H and O–H groups in total. The fraction of sp³-hybridized carbons (Fsp3) is 0.174. The first-order valence-electron chi connectivity index (χ1n) is 10.0. The molecule has 33 heavy (non-hydrogen) atoms. The van der Waals surface area contributed by atoms with Crippen molar-refractivity contribution in [2.45, 2.75) is 6.54 Å². The van der Waals surface area contributed by atoms with Crippen molar-refractivity contribution in [3.05, 3.63) is 71.6 Å². The highest BCUT2D eigenvalue weighted by molar-refractivity contribution is 5.96. The van der Waals surface area contributed by atoms with Crippen LogP contribution in [0.1, 0.15) is 26.3 Å². The molecule has 0 aliphatic heterocycles. The summed E-state index contributed by atoms with van der Waals surface area (Å²) >= 11 is 0. The monoisotopic (exact) mass is 448 g/mol. The van der Waals surface area contributed by atoms with Crippen molar-refractivity contribution in [3.63, 3.8) is 0 Å². The quantitative estimate of drug-likeness (QED) is 0.469. The molecule has 168 valence electrons. The van der Waals surface area contributed by atoms with Crippen LogP contribution in [0.5, 0.6) is 5.75 Å². The summed E-state index contributed by atoms with van der Waals surface area (Å²) in [6, 6.07) is 5.65. The summed E-state index contributed by atoms with van der Waals surface area (Å²) in [4.78, 5) is 35.1. The predicted octanol–water partition coefficient (Wildman–Crippen LogP) is 2.80. The summed E-state index contributed by atoms with van der Waals surface area (Å²) < 4.78 is 19.5. The van der Waals surface area contributed by atoms with E-state index < -0.39 is 11.7 Å². The standard InChI is InChI=1S/C23H21FN6O3/c1-25-22(31)17-6-13(4-5-18(17)24)21-19(33-3)7-14(10-27-21)23(32)30(2)12-16-9-26-8-15-11-28-29-20(15)16/h4-11H,12H2,1-3H3,(H,25,31)(H,28,29). The number of ether oxygens (including phenoxy) is 1. The molecule has 0 aliphatic rings. The highest BCUT2D eigenvalue weighted by Gasteiger charge is 2.19. The number of pyridine rings is 2. The molecule has 0 radical (unpaired) electrons. The molecule has 0 atom stereocenters. The van der Waals surface area contributed by atoms with Gasteiger partial charge in [-0.2, -0.15) is 5.10 Å². The lowest BCUT2D eigenvalue weighted by molar-refractivity contribution is 0.0784. The van der Waals surface area contributed by atoms with E-state index in [0.29, 0.717) is 29.1 Å². The summed E-state index contributed by atoms with van der Waals surface area (Å²) in [5.74, 6) is -1.15. The minimum Gasteiger partial charge on any atom is -0.494 e. The summed E-state index contributed by atoms with van der Waals surface area (Å²) in [6.45, 7) is 0.308. The van der Waals surface area contributed by atoms with E-state index in [9.17, 15) is 14.0 Å². The molecule has 3 aromatic heterocycles. The molecule has 0 spiro atoms. The maximum Gasteiger partial charge on any atom is 0.255 e. The second-order valence-corrected chi connectivity index (χ2v) is 7.34. The molecule has 3 heterocycles. The van der Waals surface area contributed by atoms with E-state index in [1.165, 1.54) is 43.5 Å². The van der Waals surface area contributed by atoms with Gasteiger partial charge in [-0.15, -0.1) is 0 Å². The van der Waals surface area contributed by atoms with Crippen molar-refractivity contribution >= 4 is 22.7 Å². The largest absolute Gasteiger partial charge is 0.494 e. The number of fused-ring (bicyclic) bond motifs is 1. The SMILES string of the molecule is CNC(=O)c1cc(-c2ncc(C(=O)N(C)Cc3cncc4cn[nH]c34)cc2OC)ccc1F. The van der Waals surface area contributed by atoms with Gasteiger partial charge in [0.15, 0.2) is 0 Å². The maximum absolute atomic E-state index is 14.0. The van der Waals surface area contributed by atoms with E-state index in [-0.39, 0.29) is 11.5 Å². The van der Waals surface area contributed by atoms with E-state index in [4.69, 9.17) is 4.74 Å². The summed E-state index contributed by atoms with van der Waals surface area (Å²) in [5.41, 5.74) is 2.71. The van der Waals surface area contributed by atoms with Gasteiger partial charge in [0.25, 0.3) is 11.8 Å². The zero-order chi connectivity index (χ0) is 23.5. The van der Waals surface area contributed by atoms with Crippen LogP contribution in [-0.2, 0) is 6.54 Å². The Bertz CT molecular complexity index is 1350. The number of nitrogens with zero attached hydrogens (tertiary/aromatic N) is 4. The highest BCUT2D eigenvalue weighted by atomic mass is 19.1. The number of hydrogen-bond acceptors (Lipinski definition) is 6. The number of halogens is 1. The average molecular weight is 448 g/mol. The first kappa shape index (κ1) is 21.9. The van der Waals surface area contributed by atoms with Crippen molar-refractivity contribution in [1.82, 2.24) is 30.4 Å². The van der Waals surface area contributed by atoms with Gasteiger partial charge in [0.2, 0.25) is 0 Å². The van der Waals surface area contributed by atoms with Gasteiger partial charge < -0.3 is 15.0 Å². The van der Waals surface area contributed by atoms with Gasteiger partial charge in [-0.3, -0.25) is 24.7 Å². The third-order valence-electron chi connectivity index (χ3n) is 5.22.